The van der Waals surface area contributed by atoms with E-state index >= 15 is 0 Å². The van der Waals surface area contributed by atoms with E-state index in [4.69, 9.17) is 0 Å². The van der Waals surface area contributed by atoms with Crippen molar-refractivity contribution in [3.8, 4) is 5.75 Å². The molecule has 1 aliphatic rings. The third kappa shape index (κ3) is 2.82. The van der Waals surface area contributed by atoms with Gasteiger partial charge in [-0.3, -0.25) is 9.89 Å². The molecule has 1 aliphatic heterocycles. The summed E-state index contributed by atoms with van der Waals surface area (Å²) in [6, 6.07) is 13.3. The Hall–Kier alpha value is -2.86. The highest BCUT2D eigenvalue weighted by Crippen LogP contribution is 2.33. The Balaban J connectivity index is 1.74. The lowest BCUT2D eigenvalue weighted by Crippen LogP contribution is -2.29. The topological polar surface area (TPSA) is 89.4 Å². The molecule has 1 aromatic heterocycles. The molecule has 1 amide bonds. The van der Waals surface area contributed by atoms with Crippen molar-refractivity contribution in [2.75, 3.05) is 13.1 Å². The van der Waals surface area contributed by atoms with E-state index in [0.717, 1.165) is 16.6 Å². The van der Waals surface area contributed by atoms with E-state index in [-0.39, 0.29) is 23.1 Å². The molecule has 4 rings (SSSR count). The lowest BCUT2D eigenvalue weighted by Gasteiger charge is -2.16. The molecule has 2 unspecified atom stereocenters. The number of aromatic hydroxyl groups is 1. The second-order valence-electron chi connectivity index (χ2n) is 6.85. The van der Waals surface area contributed by atoms with Gasteiger partial charge in [0.15, 0.2) is 0 Å². The largest absolute Gasteiger partial charge is 0.507 e. The molecule has 0 saturated carbocycles. The summed E-state index contributed by atoms with van der Waals surface area (Å²) in [6.45, 7) is 2.86. The summed E-state index contributed by atoms with van der Waals surface area (Å²) in [5.74, 6) is -0.294. The molecule has 134 valence electrons. The fourth-order valence-corrected chi connectivity index (χ4v) is 3.57. The van der Waals surface area contributed by atoms with Gasteiger partial charge in [0, 0.05) is 30.5 Å². The Morgan fingerprint density at radius 2 is 2.08 bits per heavy atom. The zero-order valence-corrected chi connectivity index (χ0v) is 14.5. The number of H-pyrrole nitrogens is 1. The van der Waals surface area contributed by atoms with Crippen LogP contribution in [0.4, 0.5) is 0 Å². The number of nitrogens with one attached hydrogen (secondary N) is 1. The van der Waals surface area contributed by atoms with Crippen molar-refractivity contribution >= 4 is 16.8 Å². The lowest BCUT2D eigenvalue weighted by molar-refractivity contribution is 0.0762. The van der Waals surface area contributed by atoms with Gasteiger partial charge in [-0.25, -0.2) is 0 Å². The van der Waals surface area contributed by atoms with Gasteiger partial charge in [0.05, 0.1) is 22.9 Å². The number of phenols is 1. The van der Waals surface area contributed by atoms with Crippen LogP contribution >= 0.6 is 0 Å². The van der Waals surface area contributed by atoms with E-state index in [2.05, 4.69) is 17.1 Å². The van der Waals surface area contributed by atoms with E-state index in [0.29, 0.717) is 25.0 Å². The molecule has 1 fully saturated rings. The van der Waals surface area contributed by atoms with Gasteiger partial charge in [-0.15, -0.1) is 0 Å². The average Bonchev–Trinajstić information content (AvgIpc) is 3.26. The number of likely N-dealkylation sites (tertiary alicyclic amines) is 1. The number of fused-ring (bicyclic) bond motifs is 1. The third-order valence-corrected chi connectivity index (χ3v) is 5.10. The molecule has 0 bridgehead atoms. The maximum atomic E-state index is 12.8. The Bertz CT molecular complexity index is 952. The summed E-state index contributed by atoms with van der Waals surface area (Å²) in [5.41, 5.74) is 2.90. The standard InChI is InChI=1S/C20H21N3O3/c1-12(13-5-3-2-4-6-13)19-15-9-16(18(25)10-17(15)21-22-19)20(26)23-8-7-14(24)11-23/h2-6,9-10,12,14,24-25H,7-8,11H2,1H3,(H,21,22). The molecule has 0 radical (unpaired) electrons. The SMILES string of the molecule is CC(c1ccccc1)c1n[nH]c2cc(O)c(C(=O)N3CCC(O)C3)cc12. The summed E-state index contributed by atoms with van der Waals surface area (Å²) in [7, 11) is 0. The second kappa shape index (κ2) is 6.46. The van der Waals surface area contributed by atoms with Crippen LogP contribution in [0.3, 0.4) is 0 Å². The van der Waals surface area contributed by atoms with Crippen LogP contribution in [-0.2, 0) is 0 Å². The van der Waals surface area contributed by atoms with Gasteiger partial charge >= 0.3 is 0 Å². The first kappa shape index (κ1) is 16.6. The zero-order valence-electron chi connectivity index (χ0n) is 14.5. The van der Waals surface area contributed by atoms with Crippen molar-refractivity contribution in [1.29, 1.82) is 0 Å². The van der Waals surface area contributed by atoms with E-state index in [1.807, 2.05) is 30.3 Å². The zero-order chi connectivity index (χ0) is 18.3. The molecule has 26 heavy (non-hydrogen) atoms. The van der Waals surface area contributed by atoms with E-state index in [1.165, 1.54) is 0 Å². The number of phenolic OH excluding ortho intramolecular Hbond substituents is 1. The monoisotopic (exact) mass is 351 g/mol. The molecular weight excluding hydrogens is 330 g/mol. The maximum Gasteiger partial charge on any atom is 0.257 e. The van der Waals surface area contributed by atoms with Crippen LogP contribution in [0, 0.1) is 0 Å². The minimum atomic E-state index is -0.493. The number of nitrogens with zero attached hydrogens (tertiary/aromatic N) is 2. The van der Waals surface area contributed by atoms with Crippen LogP contribution in [0.15, 0.2) is 42.5 Å². The molecule has 2 aromatic carbocycles. The summed E-state index contributed by atoms with van der Waals surface area (Å²) >= 11 is 0. The third-order valence-electron chi connectivity index (χ3n) is 5.10. The van der Waals surface area contributed by atoms with Crippen LogP contribution < -0.4 is 0 Å². The fraction of sp³-hybridized carbons (Fsp3) is 0.300. The Kier molecular flexibility index (Phi) is 4.12. The van der Waals surface area contributed by atoms with Crippen molar-refractivity contribution in [2.45, 2.75) is 25.4 Å². The highest BCUT2D eigenvalue weighted by molar-refractivity contribution is 6.01. The molecule has 6 heteroatoms. The number of hydrogen-bond donors (Lipinski definition) is 3. The van der Waals surface area contributed by atoms with Crippen LogP contribution in [0.2, 0.25) is 0 Å². The molecule has 1 saturated heterocycles. The second-order valence-corrected chi connectivity index (χ2v) is 6.85. The van der Waals surface area contributed by atoms with E-state index in [1.54, 1.807) is 17.0 Å². The van der Waals surface area contributed by atoms with Crippen LogP contribution in [-0.4, -0.2) is 50.4 Å². The maximum absolute atomic E-state index is 12.8. The molecule has 0 spiro atoms. The number of aliphatic hydroxyl groups excluding tert-OH is 1. The number of aromatic amines is 1. The van der Waals surface area contributed by atoms with Crippen molar-refractivity contribution in [1.82, 2.24) is 15.1 Å². The summed E-state index contributed by atoms with van der Waals surface area (Å²) in [5, 5.41) is 28.2. The number of aromatic nitrogens is 2. The number of β-amino-alcohol motifs (C(OH)–C–C–N with tert-alkyl or cyclic N) is 1. The van der Waals surface area contributed by atoms with Gasteiger partial charge in [0.2, 0.25) is 0 Å². The summed E-state index contributed by atoms with van der Waals surface area (Å²) in [4.78, 5) is 14.3. The summed E-state index contributed by atoms with van der Waals surface area (Å²) in [6.07, 6.45) is 0.0731. The number of carbonyl (C=O) groups is 1. The average molecular weight is 351 g/mol. The van der Waals surface area contributed by atoms with Crippen LogP contribution in [0.5, 0.6) is 5.75 Å². The highest BCUT2D eigenvalue weighted by atomic mass is 16.3. The first-order chi connectivity index (χ1) is 12.5. The lowest BCUT2D eigenvalue weighted by atomic mass is 9.95. The molecule has 3 aromatic rings. The number of benzene rings is 2. The summed E-state index contributed by atoms with van der Waals surface area (Å²) < 4.78 is 0. The molecular formula is C20H21N3O3. The van der Waals surface area contributed by atoms with Gasteiger partial charge < -0.3 is 15.1 Å². The Labute approximate surface area is 151 Å². The van der Waals surface area contributed by atoms with Gasteiger partial charge in [0.25, 0.3) is 5.91 Å². The molecule has 0 aliphatic carbocycles. The number of amides is 1. The predicted molar refractivity (Wildman–Crippen MR) is 98.2 cm³/mol. The minimum absolute atomic E-state index is 0.0473. The quantitative estimate of drug-likeness (QED) is 0.677. The number of carbonyl (C=O) groups excluding carboxylic acids is 1. The Morgan fingerprint density at radius 3 is 2.77 bits per heavy atom. The normalized spacial score (nSPS) is 18.4. The van der Waals surface area contributed by atoms with Crippen molar-refractivity contribution in [3.05, 3.63) is 59.3 Å². The first-order valence-corrected chi connectivity index (χ1v) is 8.78. The van der Waals surface area contributed by atoms with Crippen LogP contribution in [0.1, 0.15) is 40.9 Å². The van der Waals surface area contributed by atoms with Gasteiger partial charge in [-0.05, 0) is 18.1 Å². The Morgan fingerprint density at radius 1 is 1.31 bits per heavy atom. The van der Waals surface area contributed by atoms with Gasteiger partial charge in [-0.1, -0.05) is 37.3 Å². The molecule has 2 atom stereocenters. The fourth-order valence-electron chi connectivity index (χ4n) is 3.57. The van der Waals surface area contributed by atoms with Crippen LogP contribution in [0.25, 0.3) is 10.9 Å². The molecule has 3 N–H and O–H groups in total. The smallest absolute Gasteiger partial charge is 0.257 e. The number of aliphatic hydroxyl groups is 1. The van der Waals surface area contributed by atoms with E-state index in [9.17, 15) is 15.0 Å². The number of rotatable bonds is 3. The van der Waals surface area contributed by atoms with Gasteiger partial charge in [0.1, 0.15) is 5.75 Å². The van der Waals surface area contributed by atoms with E-state index < -0.39 is 6.10 Å². The highest BCUT2D eigenvalue weighted by Gasteiger charge is 2.28. The molecule has 2 heterocycles. The predicted octanol–water partition coefficient (Wildman–Crippen LogP) is 2.63. The first-order valence-electron chi connectivity index (χ1n) is 8.78. The van der Waals surface area contributed by atoms with Gasteiger partial charge in [-0.2, -0.15) is 5.10 Å². The van der Waals surface area contributed by atoms with Crippen molar-refractivity contribution in [2.24, 2.45) is 0 Å². The minimum Gasteiger partial charge on any atom is -0.507 e. The molecule has 6 nitrogen and oxygen atoms in total. The van der Waals surface area contributed by atoms with Crippen molar-refractivity contribution < 1.29 is 15.0 Å². The van der Waals surface area contributed by atoms with Crippen molar-refractivity contribution in [3.63, 3.8) is 0 Å². The number of hydrogen-bond acceptors (Lipinski definition) is 4.